The molecular weight excluding hydrogens is 869 g/mol. The molecule has 1 spiro atoms. The van der Waals surface area contributed by atoms with Gasteiger partial charge < -0.3 is 5.32 Å². The molecule has 0 saturated carbocycles. The molecule has 4 aliphatic carbocycles. The van der Waals surface area contributed by atoms with Gasteiger partial charge in [-0.15, -0.1) is 0 Å². The van der Waals surface area contributed by atoms with E-state index in [1.807, 2.05) is 0 Å². The Balaban J connectivity index is 0.924. The van der Waals surface area contributed by atoms with Crippen LogP contribution >= 0.6 is 0 Å². The van der Waals surface area contributed by atoms with E-state index in [2.05, 4.69) is 213 Å². The summed E-state index contributed by atoms with van der Waals surface area (Å²) in [4.78, 5) is 6.06. The normalized spacial score (nSPS) is 20.3. The van der Waals surface area contributed by atoms with Crippen LogP contribution in [0.4, 0.5) is 0 Å². The molecular formula is C70H58N2. The maximum Gasteiger partial charge on any atom is 0.101 e. The third-order valence-electron chi connectivity index (χ3n) is 18.3. The van der Waals surface area contributed by atoms with Crippen LogP contribution in [0, 0.1) is 11.8 Å². The summed E-state index contributed by atoms with van der Waals surface area (Å²) < 4.78 is 0. The Morgan fingerprint density at radius 3 is 1.92 bits per heavy atom. The number of fused-ring (bicyclic) bond motifs is 17. The quantitative estimate of drug-likeness (QED) is 0.171. The summed E-state index contributed by atoms with van der Waals surface area (Å²) in [5.41, 5.74) is 22.0. The lowest BCUT2D eigenvalue weighted by Crippen LogP contribution is -2.36. The minimum atomic E-state index is -0.394. The molecule has 72 heavy (non-hydrogen) atoms. The molecule has 4 unspecified atom stereocenters. The number of nitrogens with zero attached hydrogens (tertiary/aromatic N) is 1. The first-order valence-electron chi connectivity index (χ1n) is 26.9. The van der Waals surface area contributed by atoms with Crippen molar-refractivity contribution >= 4 is 38.2 Å². The highest BCUT2D eigenvalue weighted by Gasteiger charge is 2.52. The first-order chi connectivity index (χ1) is 35.6. The van der Waals surface area contributed by atoms with E-state index >= 15 is 0 Å². The minimum absolute atomic E-state index is 0.0551. The van der Waals surface area contributed by atoms with Gasteiger partial charge in [0.05, 0.1) is 17.5 Å². The summed E-state index contributed by atoms with van der Waals surface area (Å²) in [7, 11) is 0. The van der Waals surface area contributed by atoms with Crippen molar-refractivity contribution in [2.75, 3.05) is 0 Å². The first kappa shape index (κ1) is 42.2. The van der Waals surface area contributed by atoms with E-state index in [1.165, 1.54) is 134 Å². The van der Waals surface area contributed by atoms with E-state index in [9.17, 15) is 0 Å². The molecule has 0 bridgehead atoms. The molecule has 2 heteroatoms. The molecule has 5 aliphatic rings. The van der Waals surface area contributed by atoms with Crippen molar-refractivity contribution in [2.45, 2.75) is 82.2 Å². The van der Waals surface area contributed by atoms with Gasteiger partial charge in [-0.1, -0.05) is 214 Å². The molecule has 0 aromatic heterocycles. The number of benzene rings is 10. The van der Waals surface area contributed by atoms with E-state index in [4.69, 9.17) is 4.99 Å². The van der Waals surface area contributed by atoms with Gasteiger partial charge in [-0.3, -0.25) is 4.99 Å². The van der Waals surface area contributed by atoms with E-state index in [1.54, 1.807) is 0 Å². The number of aliphatic imine (C=N–C) groups is 1. The lowest BCUT2D eigenvalue weighted by atomic mass is 9.70. The summed E-state index contributed by atoms with van der Waals surface area (Å²) in [6.07, 6.45) is 7.77. The second kappa shape index (κ2) is 16.2. The summed E-state index contributed by atoms with van der Waals surface area (Å²) in [6, 6.07) is 75.1. The van der Waals surface area contributed by atoms with Gasteiger partial charge >= 0.3 is 0 Å². The average molecular weight is 927 g/mol. The zero-order valence-corrected chi connectivity index (χ0v) is 41.3. The van der Waals surface area contributed by atoms with Crippen LogP contribution in [0.1, 0.15) is 113 Å². The van der Waals surface area contributed by atoms with Crippen molar-refractivity contribution < 1.29 is 0 Å². The van der Waals surface area contributed by atoms with Gasteiger partial charge in [0.2, 0.25) is 0 Å². The maximum atomic E-state index is 6.06. The molecule has 348 valence electrons. The van der Waals surface area contributed by atoms with Crippen LogP contribution in [0.5, 0.6) is 0 Å². The van der Waals surface area contributed by atoms with Gasteiger partial charge in [-0.05, 0) is 172 Å². The molecule has 2 nitrogen and oxygen atoms in total. The van der Waals surface area contributed by atoms with Crippen LogP contribution in [0.2, 0.25) is 0 Å². The van der Waals surface area contributed by atoms with Gasteiger partial charge in [-0.25, -0.2) is 0 Å². The highest BCUT2D eigenvalue weighted by molar-refractivity contribution is 6.31. The number of amidine groups is 1. The van der Waals surface area contributed by atoms with Crippen LogP contribution in [-0.2, 0) is 24.7 Å². The molecule has 1 N–H and O–H groups in total. The second-order valence-corrected chi connectivity index (χ2v) is 21.8. The van der Waals surface area contributed by atoms with Crippen LogP contribution in [-0.4, -0.2) is 5.84 Å². The van der Waals surface area contributed by atoms with Gasteiger partial charge in [0.1, 0.15) is 5.84 Å². The van der Waals surface area contributed by atoms with E-state index in [-0.39, 0.29) is 23.9 Å². The molecule has 10 aromatic rings. The second-order valence-electron chi connectivity index (χ2n) is 21.8. The molecule has 0 radical (unpaired) electrons. The predicted octanol–water partition coefficient (Wildman–Crippen LogP) is 17.2. The summed E-state index contributed by atoms with van der Waals surface area (Å²) in [5, 5.41) is 12.6. The van der Waals surface area contributed by atoms with Crippen LogP contribution < -0.4 is 5.32 Å². The van der Waals surface area contributed by atoms with Crippen molar-refractivity contribution in [3.63, 3.8) is 0 Å². The Morgan fingerprint density at radius 2 is 1.14 bits per heavy atom. The number of nitrogens with one attached hydrogen (secondary N) is 1. The Hall–Kier alpha value is -7.55. The molecule has 10 aromatic carbocycles. The van der Waals surface area contributed by atoms with Crippen molar-refractivity contribution in [1.82, 2.24) is 5.32 Å². The first-order valence-corrected chi connectivity index (χ1v) is 26.9. The van der Waals surface area contributed by atoms with Gasteiger partial charge in [0, 0.05) is 5.92 Å². The van der Waals surface area contributed by atoms with E-state index < -0.39 is 5.41 Å². The van der Waals surface area contributed by atoms with E-state index in [0.717, 1.165) is 37.9 Å². The maximum absolute atomic E-state index is 6.06. The largest absolute Gasteiger partial charge is 0.367 e. The Labute approximate surface area is 423 Å². The standard InChI is InChI=1S/C70H58N2/c1-3-43-41-63(45-21-5-4-6-22-45)71-69(72-68(43)48-35-36-50-46(39-48)23-8-7-19-44-20-9-10-25-49(44)50)42(2)58-40-47-24-17-29-53-55-37-38-62-67(66(55)57-31-18-30-54(58)65(57)64(47)53)56-28-13-16-34-61(56)70(62)59-32-14-11-26-51(59)52-27-12-15-33-60(52)70/h4-6,9-18,20-22,24-39,42-43,58,63,68H,3,7-8,19,23,40-41H2,1-2H3,(H,71,72)/t42?,43-,58?,63?,68?/m0/s1. The van der Waals surface area contributed by atoms with E-state index in [0.29, 0.717) is 5.92 Å². The average Bonchev–Trinajstić information content (AvgIpc) is 3.81. The number of hydrogen-bond acceptors (Lipinski definition) is 2. The molecule has 0 fully saturated rings. The lowest BCUT2D eigenvalue weighted by molar-refractivity contribution is 0.365. The zero-order valence-electron chi connectivity index (χ0n) is 41.3. The molecule has 5 atom stereocenters. The smallest absolute Gasteiger partial charge is 0.101 e. The van der Waals surface area contributed by atoms with Crippen LogP contribution in [0.25, 0.3) is 65.7 Å². The minimum Gasteiger partial charge on any atom is -0.367 e. The predicted molar refractivity (Wildman–Crippen MR) is 300 cm³/mol. The van der Waals surface area contributed by atoms with Gasteiger partial charge in [0.25, 0.3) is 0 Å². The monoisotopic (exact) mass is 926 g/mol. The fourth-order valence-corrected chi connectivity index (χ4v) is 15.1. The Bertz CT molecular complexity index is 3850. The topological polar surface area (TPSA) is 24.4 Å². The summed E-state index contributed by atoms with van der Waals surface area (Å²) in [5.74, 6) is 1.89. The molecule has 0 saturated heterocycles. The lowest BCUT2D eigenvalue weighted by Gasteiger charge is -2.34. The molecule has 0 amide bonds. The zero-order chi connectivity index (χ0) is 47.7. The van der Waals surface area contributed by atoms with Crippen molar-refractivity contribution in [3.05, 3.63) is 250 Å². The highest BCUT2D eigenvalue weighted by Crippen LogP contribution is 2.64. The SMILES string of the molecule is CC[C@H]1CC(c2ccccc2)NC(C(C)C2Cc3cccc4c5ccc6c(c5c5cccc2c5c34)-c2ccccc2C62c3ccccc3-c3ccccc32)=NC1c1ccc2c(c1)CCCCc1ccccc1-2. The van der Waals surface area contributed by atoms with Crippen molar-refractivity contribution in [1.29, 1.82) is 0 Å². The van der Waals surface area contributed by atoms with Gasteiger partial charge in [0.15, 0.2) is 0 Å². The fourth-order valence-electron chi connectivity index (χ4n) is 15.1. The molecule has 15 rings (SSSR count). The van der Waals surface area contributed by atoms with Crippen molar-refractivity contribution in [2.24, 2.45) is 16.8 Å². The number of hydrogen-bond donors (Lipinski definition) is 1. The number of rotatable bonds is 5. The van der Waals surface area contributed by atoms with Crippen LogP contribution in [0.15, 0.2) is 199 Å². The number of aryl methyl sites for hydroxylation is 2. The van der Waals surface area contributed by atoms with Crippen LogP contribution in [0.3, 0.4) is 0 Å². The molecule has 1 heterocycles. The Kier molecular flexibility index (Phi) is 9.51. The summed E-state index contributed by atoms with van der Waals surface area (Å²) in [6.45, 7) is 4.87. The molecule has 1 aliphatic heterocycles. The van der Waals surface area contributed by atoms with Crippen molar-refractivity contribution in [3.8, 4) is 33.4 Å². The summed E-state index contributed by atoms with van der Waals surface area (Å²) >= 11 is 0. The third kappa shape index (κ3) is 5.93. The third-order valence-corrected chi connectivity index (χ3v) is 18.3. The Morgan fingerprint density at radius 1 is 0.514 bits per heavy atom. The highest BCUT2D eigenvalue weighted by atomic mass is 15.1. The fraction of sp³-hybridized carbons (Fsp3) is 0.214. The van der Waals surface area contributed by atoms with Gasteiger partial charge in [-0.2, -0.15) is 0 Å².